The maximum atomic E-state index is 12.7. The summed E-state index contributed by atoms with van der Waals surface area (Å²) in [5.41, 5.74) is 0. The second kappa shape index (κ2) is 36.4. The number of carboxylic acids is 1. The Morgan fingerprint density at radius 3 is 1.58 bits per heavy atom. The molecular weight excluding hydrogens is 632 g/mol. The van der Waals surface area contributed by atoms with Crippen LogP contribution in [0.25, 0.3) is 0 Å². The van der Waals surface area contributed by atoms with Crippen LogP contribution in [0.5, 0.6) is 0 Å². The predicted molar refractivity (Wildman–Crippen MR) is 204 cm³/mol. The lowest BCUT2D eigenvalue weighted by molar-refractivity contribution is -0.150. The summed E-state index contributed by atoms with van der Waals surface area (Å²) in [5.74, 6) is -2.31. The van der Waals surface area contributed by atoms with Gasteiger partial charge in [-0.15, -0.1) is 0 Å². The van der Waals surface area contributed by atoms with E-state index in [9.17, 15) is 19.2 Å². The van der Waals surface area contributed by atoms with Crippen molar-refractivity contribution in [1.82, 2.24) is 10.6 Å². The predicted octanol–water partition coefficient (Wildman–Crippen LogP) is 9.49. The number of nitrogens with one attached hydrogen (secondary N) is 2. The number of carbonyl (C=O) groups is 4. The molecule has 0 aliphatic rings. The molecule has 2 amide bonds. The molecule has 0 rings (SSSR count). The molecular formula is C41H76N2O7. The summed E-state index contributed by atoms with van der Waals surface area (Å²) < 4.78 is 5.98. The minimum Gasteiger partial charge on any atom is -0.480 e. The average molecular weight is 709 g/mol. The Hall–Kier alpha value is -2.42. The Balaban J connectivity index is 4.33. The topological polar surface area (TPSA) is 142 Å². The SMILES string of the molecule is CCCCCCCCCC/C=C\CCCC(CCCCCCCC(=O)NCC(=O)NC(CO)C(=O)O)OC(=O)CCCCCCCCCCC. The number of amides is 2. The third kappa shape index (κ3) is 32.8. The fraction of sp³-hybridized carbons (Fsp3) is 0.854. The number of unbranched alkanes of at least 4 members (excludes halogenated alkanes) is 21. The van der Waals surface area contributed by atoms with Gasteiger partial charge in [0.1, 0.15) is 12.1 Å². The van der Waals surface area contributed by atoms with E-state index in [0.717, 1.165) is 70.6 Å². The molecule has 292 valence electrons. The van der Waals surface area contributed by atoms with Crippen LogP contribution in [-0.2, 0) is 23.9 Å². The molecule has 0 bridgehead atoms. The van der Waals surface area contributed by atoms with E-state index in [1.165, 1.54) is 96.3 Å². The Labute approximate surface area is 305 Å². The third-order valence-corrected chi connectivity index (χ3v) is 9.26. The molecule has 0 aliphatic heterocycles. The second-order valence-electron chi connectivity index (χ2n) is 14.1. The summed E-state index contributed by atoms with van der Waals surface area (Å²) in [5, 5.41) is 22.5. The highest BCUT2D eigenvalue weighted by Crippen LogP contribution is 2.18. The molecule has 0 spiro atoms. The van der Waals surface area contributed by atoms with Gasteiger partial charge < -0.3 is 25.6 Å². The number of hydrogen-bond acceptors (Lipinski definition) is 6. The largest absolute Gasteiger partial charge is 0.480 e. The van der Waals surface area contributed by atoms with Gasteiger partial charge in [0.05, 0.1) is 13.2 Å². The van der Waals surface area contributed by atoms with Crippen LogP contribution in [-0.4, -0.2) is 59.3 Å². The number of allylic oxidation sites excluding steroid dienone is 2. The second-order valence-corrected chi connectivity index (χ2v) is 14.1. The molecule has 9 nitrogen and oxygen atoms in total. The van der Waals surface area contributed by atoms with Gasteiger partial charge in [0.2, 0.25) is 11.8 Å². The van der Waals surface area contributed by atoms with Crippen LogP contribution < -0.4 is 10.6 Å². The van der Waals surface area contributed by atoms with Crippen LogP contribution in [0.4, 0.5) is 0 Å². The normalized spacial score (nSPS) is 12.5. The van der Waals surface area contributed by atoms with E-state index >= 15 is 0 Å². The van der Waals surface area contributed by atoms with Gasteiger partial charge in [0.15, 0.2) is 0 Å². The summed E-state index contributed by atoms with van der Waals surface area (Å²) in [6.07, 6.45) is 36.7. The minimum absolute atomic E-state index is 0.0364. The Morgan fingerprint density at radius 2 is 1.04 bits per heavy atom. The number of esters is 1. The monoisotopic (exact) mass is 709 g/mol. The molecule has 0 radical (unpaired) electrons. The zero-order valence-electron chi connectivity index (χ0n) is 32.2. The number of hydrogen-bond donors (Lipinski definition) is 4. The molecule has 0 saturated heterocycles. The molecule has 2 unspecified atom stereocenters. The number of ether oxygens (including phenoxy) is 1. The molecule has 0 saturated carbocycles. The molecule has 4 N–H and O–H groups in total. The van der Waals surface area contributed by atoms with E-state index in [1.54, 1.807) is 0 Å². The lowest BCUT2D eigenvalue weighted by Gasteiger charge is -2.18. The van der Waals surface area contributed by atoms with Crippen molar-refractivity contribution in [2.45, 2.75) is 212 Å². The fourth-order valence-corrected chi connectivity index (χ4v) is 6.07. The highest BCUT2D eigenvalue weighted by atomic mass is 16.5. The first kappa shape index (κ1) is 47.6. The Kier molecular flexibility index (Phi) is 34.6. The summed E-state index contributed by atoms with van der Waals surface area (Å²) in [6.45, 7) is 3.46. The fourth-order valence-electron chi connectivity index (χ4n) is 6.07. The Bertz CT molecular complexity index is 864. The van der Waals surface area contributed by atoms with E-state index in [2.05, 4.69) is 36.6 Å². The van der Waals surface area contributed by atoms with Crippen molar-refractivity contribution in [1.29, 1.82) is 0 Å². The highest BCUT2D eigenvalue weighted by molar-refractivity contribution is 5.87. The van der Waals surface area contributed by atoms with E-state index < -0.39 is 24.5 Å². The van der Waals surface area contributed by atoms with Gasteiger partial charge >= 0.3 is 11.9 Å². The smallest absolute Gasteiger partial charge is 0.328 e. The van der Waals surface area contributed by atoms with Gasteiger partial charge in [-0.2, -0.15) is 0 Å². The number of aliphatic hydroxyl groups excluding tert-OH is 1. The van der Waals surface area contributed by atoms with Crippen LogP contribution in [0.15, 0.2) is 12.2 Å². The maximum Gasteiger partial charge on any atom is 0.328 e. The average Bonchev–Trinajstić information content (AvgIpc) is 3.10. The molecule has 0 aliphatic carbocycles. The van der Waals surface area contributed by atoms with Crippen molar-refractivity contribution in [2.24, 2.45) is 0 Å². The van der Waals surface area contributed by atoms with Gasteiger partial charge in [0.25, 0.3) is 0 Å². The lowest BCUT2D eigenvalue weighted by atomic mass is 10.0. The van der Waals surface area contributed by atoms with E-state index in [-0.39, 0.29) is 24.5 Å². The first-order valence-corrected chi connectivity index (χ1v) is 20.6. The number of rotatable bonds is 37. The summed E-state index contributed by atoms with van der Waals surface area (Å²) in [6, 6.07) is -1.38. The van der Waals surface area contributed by atoms with E-state index in [1.807, 2.05) is 0 Å². The first-order chi connectivity index (χ1) is 24.3. The summed E-state index contributed by atoms with van der Waals surface area (Å²) >= 11 is 0. The molecule has 0 heterocycles. The minimum atomic E-state index is -1.38. The number of carboxylic acid groups (broad SMARTS) is 1. The first-order valence-electron chi connectivity index (χ1n) is 20.6. The third-order valence-electron chi connectivity index (χ3n) is 9.26. The number of carbonyl (C=O) groups excluding carboxylic acids is 3. The molecule has 0 aromatic heterocycles. The Morgan fingerprint density at radius 1 is 0.580 bits per heavy atom. The van der Waals surface area contributed by atoms with Crippen LogP contribution in [0.2, 0.25) is 0 Å². The summed E-state index contributed by atoms with van der Waals surface area (Å²) in [7, 11) is 0. The van der Waals surface area contributed by atoms with Crippen LogP contribution >= 0.6 is 0 Å². The van der Waals surface area contributed by atoms with Gasteiger partial charge in [0, 0.05) is 12.8 Å². The molecule has 0 fully saturated rings. The zero-order valence-corrected chi connectivity index (χ0v) is 32.2. The van der Waals surface area contributed by atoms with Crippen molar-refractivity contribution < 1.29 is 34.1 Å². The molecule has 0 aromatic rings. The van der Waals surface area contributed by atoms with Crippen molar-refractivity contribution in [2.75, 3.05) is 13.2 Å². The zero-order chi connectivity index (χ0) is 36.9. The maximum absolute atomic E-state index is 12.7. The van der Waals surface area contributed by atoms with Crippen molar-refractivity contribution in [3.63, 3.8) is 0 Å². The standard InChI is InChI=1S/C41H76N2O7/c1-3-5-7-9-11-13-14-15-16-18-19-22-26-30-36(50-40(47)33-29-25-20-17-12-10-8-6-4-2)31-27-23-21-24-28-32-38(45)42-34-39(46)43-37(35-44)41(48)49/h18-19,36-37,44H,3-17,20-35H2,1-2H3,(H,42,45)(H,43,46)(H,48,49)/b19-18-. The summed E-state index contributed by atoms with van der Waals surface area (Å²) in [4.78, 5) is 47.4. The lowest BCUT2D eigenvalue weighted by Crippen LogP contribution is -2.47. The van der Waals surface area contributed by atoms with E-state index in [4.69, 9.17) is 14.9 Å². The number of aliphatic hydroxyl groups is 1. The molecule has 2 atom stereocenters. The van der Waals surface area contributed by atoms with Gasteiger partial charge in [-0.25, -0.2) is 4.79 Å². The van der Waals surface area contributed by atoms with E-state index in [0.29, 0.717) is 19.3 Å². The van der Waals surface area contributed by atoms with Gasteiger partial charge in [-0.05, 0) is 57.8 Å². The van der Waals surface area contributed by atoms with Gasteiger partial charge in [-0.1, -0.05) is 142 Å². The van der Waals surface area contributed by atoms with Gasteiger partial charge in [-0.3, -0.25) is 14.4 Å². The van der Waals surface area contributed by atoms with Crippen LogP contribution in [0, 0.1) is 0 Å². The molecule has 9 heteroatoms. The van der Waals surface area contributed by atoms with Crippen molar-refractivity contribution in [3.8, 4) is 0 Å². The number of aliphatic carboxylic acids is 1. The van der Waals surface area contributed by atoms with Crippen LogP contribution in [0.1, 0.15) is 200 Å². The van der Waals surface area contributed by atoms with Crippen molar-refractivity contribution >= 4 is 23.8 Å². The highest BCUT2D eigenvalue weighted by Gasteiger charge is 2.19. The van der Waals surface area contributed by atoms with Crippen molar-refractivity contribution in [3.05, 3.63) is 12.2 Å². The van der Waals surface area contributed by atoms with Crippen LogP contribution in [0.3, 0.4) is 0 Å². The molecule has 50 heavy (non-hydrogen) atoms. The molecule has 0 aromatic carbocycles. The quantitative estimate of drug-likeness (QED) is 0.0286.